The van der Waals surface area contributed by atoms with Crippen LogP contribution in [0.3, 0.4) is 0 Å². The summed E-state index contributed by atoms with van der Waals surface area (Å²) in [7, 11) is 1.67. The van der Waals surface area contributed by atoms with Crippen molar-refractivity contribution in [3.8, 4) is 5.75 Å². The lowest BCUT2D eigenvalue weighted by atomic mass is 9.83. The van der Waals surface area contributed by atoms with Crippen LogP contribution >= 0.6 is 12.4 Å². The normalized spacial score (nSPS) is 18.8. The first-order valence-corrected chi connectivity index (χ1v) is 9.04. The van der Waals surface area contributed by atoms with E-state index in [1.54, 1.807) is 7.11 Å². The Kier molecular flexibility index (Phi) is 8.74. The van der Waals surface area contributed by atoms with E-state index in [2.05, 4.69) is 43.5 Å². The van der Waals surface area contributed by atoms with Gasteiger partial charge in [-0.15, -0.1) is 12.4 Å². The van der Waals surface area contributed by atoms with Crippen LogP contribution < -0.4 is 15.4 Å². The molecule has 1 heterocycles. The van der Waals surface area contributed by atoms with Crippen molar-refractivity contribution in [1.29, 1.82) is 0 Å². The number of amides is 1. The van der Waals surface area contributed by atoms with Crippen molar-refractivity contribution in [3.63, 3.8) is 0 Å². The largest absolute Gasteiger partial charge is 0.497 e. The summed E-state index contributed by atoms with van der Waals surface area (Å²) in [5.41, 5.74) is 1.10. The Morgan fingerprint density at radius 3 is 2.60 bits per heavy atom. The van der Waals surface area contributed by atoms with Crippen LogP contribution in [-0.4, -0.2) is 32.7 Å². The van der Waals surface area contributed by atoms with E-state index in [1.165, 1.54) is 18.4 Å². The Morgan fingerprint density at radius 2 is 2.04 bits per heavy atom. The molecule has 0 saturated carbocycles. The fourth-order valence-electron chi connectivity index (χ4n) is 3.36. The quantitative estimate of drug-likeness (QED) is 0.774. The molecule has 1 amide bonds. The zero-order valence-electron chi connectivity index (χ0n) is 15.9. The van der Waals surface area contributed by atoms with Crippen LogP contribution in [0.5, 0.6) is 5.75 Å². The second kappa shape index (κ2) is 10.0. The van der Waals surface area contributed by atoms with Crippen LogP contribution in [0.25, 0.3) is 0 Å². The smallest absolute Gasteiger partial charge is 0.220 e. The van der Waals surface area contributed by atoms with Gasteiger partial charge in [0.2, 0.25) is 5.91 Å². The van der Waals surface area contributed by atoms with Crippen LogP contribution in [-0.2, 0) is 10.2 Å². The fourth-order valence-corrected chi connectivity index (χ4v) is 3.36. The number of nitrogens with one attached hydrogen (secondary N) is 2. The first-order chi connectivity index (χ1) is 11.4. The molecule has 0 aromatic heterocycles. The summed E-state index contributed by atoms with van der Waals surface area (Å²) in [6, 6.07) is 8.08. The van der Waals surface area contributed by atoms with Gasteiger partial charge in [-0.25, -0.2) is 0 Å². The van der Waals surface area contributed by atoms with Gasteiger partial charge in [-0.2, -0.15) is 0 Å². The van der Waals surface area contributed by atoms with Crippen molar-refractivity contribution in [2.24, 2.45) is 11.8 Å². The van der Waals surface area contributed by atoms with Crippen molar-refractivity contribution in [3.05, 3.63) is 29.8 Å². The third-order valence-electron chi connectivity index (χ3n) is 5.25. The molecule has 2 atom stereocenters. The van der Waals surface area contributed by atoms with E-state index in [0.717, 1.165) is 18.8 Å². The minimum atomic E-state index is -0.0996. The number of ether oxygens (including phenoxy) is 1. The lowest BCUT2D eigenvalue weighted by molar-refractivity contribution is -0.122. The molecule has 0 spiro atoms. The number of carbonyl (C=O) groups is 1. The van der Waals surface area contributed by atoms with Gasteiger partial charge in [0.1, 0.15) is 5.75 Å². The molecule has 1 aliphatic rings. The predicted octanol–water partition coefficient (Wildman–Crippen LogP) is 3.54. The highest BCUT2D eigenvalue weighted by atomic mass is 35.5. The molecule has 1 aromatic rings. The van der Waals surface area contributed by atoms with Crippen molar-refractivity contribution < 1.29 is 9.53 Å². The Morgan fingerprint density at radius 1 is 1.36 bits per heavy atom. The molecule has 0 aliphatic carbocycles. The van der Waals surface area contributed by atoms with Crippen molar-refractivity contribution in [2.45, 2.75) is 45.4 Å². The van der Waals surface area contributed by atoms with Gasteiger partial charge in [-0.3, -0.25) is 4.79 Å². The van der Waals surface area contributed by atoms with E-state index < -0.39 is 0 Å². The van der Waals surface area contributed by atoms with Crippen molar-refractivity contribution >= 4 is 18.3 Å². The number of benzene rings is 1. The Balaban J connectivity index is 0.00000312. The molecule has 0 radical (unpaired) electrons. The van der Waals surface area contributed by atoms with Crippen LogP contribution in [0, 0.1) is 11.8 Å². The first kappa shape index (κ1) is 21.8. The SMILES string of the molecule is COc1ccc(C(C)(C)CNC(=O)CC(C)C2CCCNC2)cc1.Cl. The van der Waals surface area contributed by atoms with E-state index in [0.29, 0.717) is 24.8 Å². The van der Waals surface area contributed by atoms with Gasteiger partial charge in [0.15, 0.2) is 0 Å². The van der Waals surface area contributed by atoms with Gasteiger partial charge < -0.3 is 15.4 Å². The number of hydrogen-bond donors (Lipinski definition) is 2. The topological polar surface area (TPSA) is 50.4 Å². The van der Waals surface area contributed by atoms with Gasteiger partial charge in [0.25, 0.3) is 0 Å². The lowest BCUT2D eigenvalue weighted by Crippen LogP contribution is -2.39. The monoisotopic (exact) mass is 368 g/mol. The molecule has 2 unspecified atom stereocenters. The second-order valence-corrected chi connectivity index (χ2v) is 7.68. The minimum Gasteiger partial charge on any atom is -0.497 e. The average Bonchev–Trinajstić information content (AvgIpc) is 2.61. The number of hydrogen-bond acceptors (Lipinski definition) is 3. The molecule has 0 bridgehead atoms. The maximum Gasteiger partial charge on any atom is 0.220 e. The van der Waals surface area contributed by atoms with Crippen LogP contribution in [0.2, 0.25) is 0 Å². The zero-order valence-corrected chi connectivity index (χ0v) is 16.7. The molecule has 2 rings (SSSR count). The molecule has 1 saturated heterocycles. The summed E-state index contributed by atoms with van der Waals surface area (Å²) in [6.07, 6.45) is 3.07. The third kappa shape index (κ3) is 6.52. The third-order valence-corrected chi connectivity index (χ3v) is 5.25. The molecular weight excluding hydrogens is 336 g/mol. The molecule has 5 heteroatoms. The second-order valence-electron chi connectivity index (χ2n) is 7.68. The highest BCUT2D eigenvalue weighted by molar-refractivity contribution is 5.85. The van der Waals surface area contributed by atoms with Gasteiger partial charge in [-0.05, 0) is 55.5 Å². The molecule has 25 heavy (non-hydrogen) atoms. The molecule has 1 fully saturated rings. The predicted molar refractivity (Wildman–Crippen MR) is 106 cm³/mol. The van der Waals surface area contributed by atoms with Crippen LogP contribution in [0.15, 0.2) is 24.3 Å². The average molecular weight is 369 g/mol. The maximum atomic E-state index is 12.3. The van der Waals surface area contributed by atoms with E-state index in [4.69, 9.17) is 4.74 Å². The van der Waals surface area contributed by atoms with E-state index >= 15 is 0 Å². The van der Waals surface area contributed by atoms with E-state index in [-0.39, 0.29) is 23.7 Å². The highest BCUT2D eigenvalue weighted by Gasteiger charge is 2.24. The zero-order chi connectivity index (χ0) is 17.6. The molecule has 2 N–H and O–H groups in total. The highest BCUT2D eigenvalue weighted by Crippen LogP contribution is 2.25. The number of rotatable bonds is 7. The van der Waals surface area contributed by atoms with E-state index in [1.807, 2.05) is 12.1 Å². The molecular formula is C20H33ClN2O2. The fraction of sp³-hybridized carbons (Fsp3) is 0.650. The molecule has 1 aliphatic heterocycles. The Labute approximate surface area is 158 Å². The molecule has 1 aromatic carbocycles. The molecule has 4 nitrogen and oxygen atoms in total. The number of halogens is 1. The van der Waals surface area contributed by atoms with Gasteiger partial charge in [0, 0.05) is 18.4 Å². The number of carbonyl (C=O) groups excluding carboxylic acids is 1. The summed E-state index contributed by atoms with van der Waals surface area (Å²) >= 11 is 0. The number of piperidine rings is 1. The summed E-state index contributed by atoms with van der Waals surface area (Å²) < 4.78 is 5.21. The summed E-state index contributed by atoms with van der Waals surface area (Å²) in [6.45, 7) is 9.32. The summed E-state index contributed by atoms with van der Waals surface area (Å²) in [4.78, 5) is 12.3. The van der Waals surface area contributed by atoms with Crippen molar-refractivity contribution in [1.82, 2.24) is 10.6 Å². The van der Waals surface area contributed by atoms with Crippen LogP contribution in [0.1, 0.15) is 45.6 Å². The first-order valence-electron chi connectivity index (χ1n) is 9.04. The Hall–Kier alpha value is -1.26. The Bertz CT molecular complexity index is 525. The van der Waals surface area contributed by atoms with E-state index in [9.17, 15) is 4.79 Å². The summed E-state index contributed by atoms with van der Waals surface area (Å²) in [5.74, 6) is 2.07. The van der Waals surface area contributed by atoms with Crippen LogP contribution in [0.4, 0.5) is 0 Å². The molecule has 142 valence electrons. The number of methoxy groups -OCH3 is 1. The summed E-state index contributed by atoms with van der Waals surface area (Å²) in [5, 5.41) is 6.56. The van der Waals surface area contributed by atoms with Gasteiger partial charge in [0.05, 0.1) is 7.11 Å². The van der Waals surface area contributed by atoms with Gasteiger partial charge in [-0.1, -0.05) is 32.9 Å². The van der Waals surface area contributed by atoms with Crippen molar-refractivity contribution in [2.75, 3.05) is 26.7 Å². The standard InChI is InChI=1S/C20H32N2O2.ClH/c1-15(16-6-5-11-21-13-16)12-19(23)22-14-20(2,3)17-7-9-18(24-4)10-8-17;/h7-10,15-16,21H,5-6,11-14H2,1-4H3,(H,22,23);1H. The van der Waals surface area contributed by atoms with Gasteiger partial charge >= 0.3 is 0 Å². The maximum absolute atomic E-state index is 12.3. The lowest BCUT2D eigenvalue weighted by Gasteiger charge is -2.29. The minimum absolute atomic E-state index is 0.